The standard InChI is InChI=1S/C31H30N4O2/c1-31(2,3)27-20-28-32-25(21-15-17-24(37-4)18-16-21)19-26(35(28)34-27)30(36)33-29(22-11-7-5-8-12-22)23-13-9-6-10-14-23/h5-20,29H,1-4H3,(H,33,36). The first-order valence-electron chi connectivity index (χ1n) is 12.3. The van der Waals surface area contributed by atoms with Crippen LogP contribution in [0.4, 0.5) is 0 Å². The molecular weight excluding hydrogens is 460 g/mol. The Hall–Kier alpha value is -4.45. The zero-order valence-electron chi connectivity index (χ0n) is 21.5. The quantitative estimate of drug-likeness (QED) is 0.307. The van der Waals surface area contributed by atoms with Gasteiger partial charge in [0, 0.05) is 17.0 Å². The molecular formula is C31H30N4O2. The van der Waals surface area contributed by atoms with Gasteiger partial charge in [0.2, 0.25) is 0 Å². The summed E-state index contributed by atoms with van der Waals surface area (Å²) < 4.78 is 6.96. The maximum atomic E-state index is 13.9. The number of hydrogen-bond acceptors (Lipinski definition) is 4. The van der Waals surface area contributed by atoms with E-state index in [2.05, 4.69) is 26.1 Å². The Morgan fingerprint density at radius 1 is 0.865 bits per heavy atom. The van der Waals surface area contributed by atoms with E-state index in [4.69, 9.17) is 14.8 Å². The van der Waals surface area contributed by atoms with Crippen LogP contribution in [0.3, 0.4) is 0 Å². The summed E-state index contributed by atoms with van der Waals surface area (Å²) in [6.07, 6.45) is 0. The fraction of sp³-hybridized carbons (Fsp3) is 0.194. The lowest BCUT2D eigenvalue weighted by molar-refractivity contribution is 0.0935. The summed E-state index contributed by atoms with van der Waals surface area (Å²) in [6, 6.07) is 31.0. The minimum absolute atomic E-state index is 0.196. The number of benzene rings is 3. The van der Waals surface area contributed by atoms with Crippen molar-refractivity contribution in [2.75, 3.05) is 7.11 Å². The minimum atomic E-state index is -0.319. The van der Waals surface area contributed by atoms with Crippen LogP contribution in [0.25, 0.3) is 16.9 Å². The number of hydrogen-bond donors (Lipinski definition) is 1. The van der Waals surface area contributed by atoms with Gasteiger partial charge < -0.3 is 10.1 Å². The summed E-state index contributed by atoms with van der Waals surface area (Å²) in [4.78, 5) is 18.8. The van der Waals surface area contributed by atoms with Gasteiger partial charge >= 0.3 is 0 Å². The third-order valence-corrected chi connectivity index (χ3v) is 6.36. The summed E-state index contributed by atoms with van der Waals surface area (Å²) in [5.74, 6) is 0.527. The molecule has 0 fully saturated rings. The number of nitrogens with zero attached hydrogens (tertiary/aromatic N) is 3. The molecule has 37 heavy (non-hydrogen) atoms. The van der Waals surface area contributed by atoms with Crippen molar-refractivity contribution in [3.63, 3.8) is 0 Å². The van der Waals surface area contributed by atoms with Gasteiger partial charge in [-0.25, -0.2) is 9.50 Å². The molecule has 3 aromatic carbocycles. The van der Waals surface area contributed by atoms with Crippen LogP contribution in [-0.2, 0) is 5.41 Å². The summed E-state index contributed by atoms with van der Waals surface area (Å²) >= 11 is 0. The van der Waals surface area contributed by atoms with Crippen molar-refractivity contribution in [3.8, 4) is 17.0 Å². The van der Waals surface area contributed by atoms with Crippen molar-refractivity contribution < 1.29 is 9.53 Å². The van der Waals surface area contributed by atoms with Crippen LogP contribution in [0.5, 0.6) is 5.75 Å². The van der Waals surface area contributed by atoms with Gasteiger partial charge in [-0.2, -0.15) is 5.10 Å². The number of nitrogens with one attached hydrogen (secondary N) is 1. The maximum absolute atomic E-state index is 13.9. The van der Waals surface area contributed by atoms with E-state index in [1.165, 1.54) is 0 Å². The van der Waals surface area contributed by atoms with E-state index >= 15 is 0 Å². The Morgan fingerprint density at radius 3 is 2.00 bits per heavy atom. The molecule has 0 aliphatic rings. The monoisotopic (exact) mass is 490 g/mol. The second kappa shape index (κ2) is 9.90. The third-order valence-electron chi connectivity index (χ3n) is 6.36. The number of ether oxygens (including phenoxy) is 1. The first kappa shape index (κ1) is 24.3. The number of amides is 1. The van der Waals surface area contributed by atoms with Crippen LogP contribution in [0.15, 0.2) is 97.1 Å². The number of rotatable bonds is 6. The number of carbonyl (C=O) groups excluding carboxylic acids is 1. The van der Waals surface area contributed by atoms with Crippen LogP contribution >= 0.6 is 0 Å². The summed E-state index contributed by atoms with van der Waals surface area (Å²) in [7, 11) is 1.64. The Labute approximate surface area is 217 Å². The minimum Gasteiger partial charge on any atom is -0.497 e. The summed E-state index contributed by atoms with van der Waals surface area (Å²) in [6.45, 7) is 6.29. The van der Waals surface area contributed by atoms with Crippen molar-refractivity contribution in [1.29, 1.82) is 0 Å². The predicted molar refractivity (Wildman–Crippen MR) is 146 cm³/mol. The molecule has 0 aliphatic carbocycles. The summed E-state index contributed by atoms with van der Waals surface area (Å²) in [5, 5.41) is 8.05. The Kier molecular flexibility index (Phi) is 6.49. The van der Waals surface area contributed by atoms with Gasteiger partial charge in [-0.05, 0) is 41.5 Å². The van der Waals surface area contributed by atoms with Crippen molar-refractivity contribution in [2.24, 2.45) is 0 Å². The molecule has 0 atom stereocenters. The molecule has 5 aromatic rings. The molecule has 0 bridgehead atoms. The smallest absolute Gasteiger partial charge is 0.270 e. The van der Waals surface area contributed by atoms with Crippen LogP contribution in [0.2, 0.25) is 0 Å². The zero-order chi connectivity index (χ0) is 26.0. The van der Waals surface area contributed by atoms with Crippen LogP contribution in [0, 0.1) is 0 Å². The van der Waals surface area contributed by atoms with E-state index in [1.54, 1.807) is 17.7 Å². The highest BCUT2D eigenvalue weighted by molar-refractivity contribution is 5.94. The highest BCUT2D eigenvalue weighted by atomic mass is 16.5. The zero-order valence-corrected chi connectivity index (χ0v) is 21.5. The molecule has 0 aliphatic heterocycles. The highest BCUT2D eigenvalue weighted by Gasteiger charge is 2.24. The van der Waals surface area contributed by atoms with E-state index in [-0.39, 0.29) is 17.4 Å². The van der Waals surface area contributed by atoms with Gasteiger partial charge in [-0.3, -0.25) is 4.79 Å². The molecule has 6 heteroatoms. The Morgan fingerprint density at radius 2 is 1.46 bits per heavy atom. The highest BCUT2D eigenvalue weighted by Crippen LogP contribution is 2.27. The van der Waals surface area contributed by atoms with Gasteiger partial charge in [0.05, 0.1) is 24.5 Å². The summed E-state index contributed by atoms with van der Waals surface area (Å²) in [5.41, 5.74) is 5.29. The fourth-order valence-electron chi connectivity index (χ4n) is 4.27. The van der Waals surface area contributed by atoms with E-state index in [0.29, 0.717) is 17.0 Å². The van der Waals surface area contributed by atoms with Crippen molar-refractivity contribution in [1.82, 2.24) is 19.9 Å². The van der Waals surface area contributed by atoms with E-state index in [9.17, 15) is 4.79 Å². The molecule has 1 N–H and O–H groups in total. The third kappa shape index (κ3) is 5.09. The largest absolute Gasteiger partial charge is 0.497 e. The lowest BCUT2D eigenvalue weighted by atomic mass is 9.93. The predicted octanol–water partition coefficient (Wildman–Crippen LogP) is 6.22. The molecule has 2 heterocycles. The molecule has 6 nitrogen and oxygen atoms in total. The van der Waals surface area contributed by atoms with E-state index in [0.717, 1.165) is 28.1 Å². The molecule has 0 spiro atoms. The Bertz CT molecular complexity index is 1480. The average Bonchev–Trinajstić information content (AvgIpc) is 3.37. The first-order valence-corrected chi connectivity index (χ1v) is 12.3. The molecule has 2 aromatic heterocycles. The number of aromatic nitrogens is 3. The van der Waals surface area contributed by atoms with Crippen molar-refractivity contribution in [2.45, 2.75) is 32.2 Å². The molecule has 1 amide bonds. The van der Waals surface area contributed by atoms with Gasteiger partial charge in [0.1, 0.15) is 11.4 Å². The molecule has 0 radical (unpaired) electrons. The lowest BCUT2D eigenvalue weighted by Gasteiger charge is -2.20. The van der Waals surface area contributed by atoms with Gasteiger partial charge in [-0.15, -0.1) is 0 Å². The van der Waals surface area contributed by atoms with Crippen LogP contribution < -0.4 is 10.1 Å². The molecule has 0 unspecified atom stereocenters. The van der Waals surface area contributed by atoms with E-state index < -0.39 is 0 Å². The van der Waals surface area contributed by atoms with Crippen molar-refractivity contribution >= 4 is 11.6 Å². The number of methoxy groups -OCH3 is 1. The number of carbonyl (C=O) groups is 1. The lowest BCUT2D eigenvalue weighted by Crippen LogP contribution is -2.31. The first-order chi connectivity index (χ1) is 17.8. The van der Waals surface area contributed by atoms with Crippen LogP contribution in [-0.4, -0.2) is 27.6 Å². The molecule has 5 rings (SSSR count). The van der Waals surface area contributed by atoms with Crippen LogP contribution in [0.1, 0.15) is 54.1 Å². The van der Waals surface area contributed by atoms with Gasteiger partial charge in [-0.1, -0.05) is 81.4 Å². The Balaban J connectivity index is 1.62. The van der Waals surface area contributed by atoms with E-state index in [1.807, 2.05) is 91.0 Å². The number of fused-ring (bicyclic) bond motifs is 1. The average molecular weight is 491 g/mol. The topological polar surface area (TPSA) is 68.5 Å². The molecule has 186 valence electrons. The second-order valence-corrected chi connectivity index (χ2v) is 10.0. The molecule has 0 saturated heterocycles. The normalized spacial score (nSPS) is 11.6. The molecule has 0 saturated carbocycles. The van der Waals surface area contributed by atoms with Gasteiger partial charge in [0.15, 0.2) is 5.65 Å². The SMILES string of the molecule is COc1ccc(-c2cc(C(=O)NC(c3ccccc3)c3ccccc3)n3nc(C(C)(C)C)cc3n2)cc1. The van der Waals surface area contributed by atoms with Crippen molar-refractivity contribution in [3.05, 3.63) is 120 Å². The maximum Gasteiger partial charge on any atom is 0.270 e. The fourth-order valence-corrected chi connectivity index (χ4v) is 4.27. The van der Waals surface area contributed by atoms with Gasteiger partial charge in [0.25, 0.3) is 5.91 Å². The second-order valence-electron chi connectivity index (χ2n) is 10.0.